The van der Waals surface area contributed by atoms with Crippen LogP contribution in [-0.4, -0.2) is 19.2 Å². The molecule has 0 bridgehead atoms. The Labute approximate surface area is 176 Å². The van der Waals surface area contributed by atoms with Crippen LogP contribution in [0.2, 0.25) is 0 Å². The number of para-hydroxylation sites is 2. The Morgan fingerprint density at radius 1 is 1.13 bits per heavy atom. The van der Waals surface area contributed by atoms with Crippen LogP contribution in [0.5, 0.6) is 0 Å². The Balaban J connectivity index is 1.83. The fourth-order valence-corrected chi connectivity index (χ4v) is 3.13. The Bertz CT molecular complexity index is 1330. The average molecular weight is 438 g/mol. The van der Waals surface area contributed by atoms with Crippen molar-refractivity contribution in [2.75, 3.05) is 5.32 Å². The van der Waals surface area contributed by atoms with E-state index in [0.29, 0.717) is 11.3 Å². The van der Waals surface area contributed by atoms with E-state index in [1.165, 1.54) is 60.7 Å². The second-order valence-corrected chi connectivity index (χ2v) is 7.73. The molecule has 156 valence electrons. The number of sulfonamides is 1. The molecule has 0 saturated heterocycles. The first-order valence-corrected chi connectivity index (χ1v) is 10.1. The van der Waals surface area contributed by atoms with E-state index in [4.69, 9.17) is 9.56 Å². The number of nitro benzene ring substituents is 1. The van der Waals surface area contributed by atoms with Crippen LogP contribution < -0.4 is 10.5 Å². The highest BCUT2D eigenvalue weighted by atomic mass is 32.2. The summed E-state index contributed by atoms with van der Waals surface area (Å²) in [6.45, 7) is 0. The Kier molecular flexibility index (Phi) is 5.96. The Morgan fingerprint density at radius 3 is 2.42 bits per heavy atom. The van der Waals surface area contributed by atoms with Crippen molar-refractivity contribution in [1.82, 2.24) is 0 Å². The molecule has 0 aliphatic carbocycles. The summed E-state index contributed by atoms with van der Waals surface area (Å²) >= 11 is 0. The number of carbonyl (C=O) groups excluding carboxylic acids is 1. The van der Waals surface area contributed by atoms with Crippen molar-refractivity contribution in [2.24, 2.45) is 5.14 Å². The van der Waals surface area contributed by atoms with Gasteiger partial charge in [-0.25, -0.2) is 13.6 Å². The fraction of sp³-hybridized carbons (Fsp3) is 0. The topological polar surface area (TPSA) is 169 Å². The van der Waals surface area contributed by atoms with Crippen molar-refractivity contribution in [3.05, 3.63) is 82.1 Å². The van der Waals surface area contributed by atoms with Crippen LogP contribution in [0.25, 0.3) is 17.4 Å². The van der Waals surface area contributed by atoms with Crippen molar-refractivity contribution in [2.45, 2.75) is 4.90 Å². The number of rotatable bonds is 6. The molecule has 0 aliphatic heterocycles. The lowest BCUT2D eigenvalue weighted by Crippen LogP contribution is -2.14. The number of nitriles is 1. The van der Waals surface area contributed by atoms with Gasteiger partial charge in [0.1, 0.15) is 28.9 Å². The quantitative estimate of drug-likeness (QED) is 0.258. The smallest absolute Gasteiger partial charge is 0.292 e. The van der Waals surface area contributed by atoms with Crippen LogP contribution >= 0.6 is 0 Å². The number of nitro groups is 1. The molecule has 0 aliphatic rings. The van der Waals surface area contributed by atoms with E-state index >= 15 is 0 Å². The second kappa shape index (κ2) is 8.62. The lowest BCUT2D eigenvalue weighted by molar-refractivity contribution is -0.383. The molecule has 0 spiro atoms. The molecule has 10 nitrogen and oxygen atoms in total. The number of primary sulfonamides is 1. The monoisotopic (exact) mass is 438 g/mol. The number of nitrogens with zero attached hydrogens (tertiary/aromatic N) is 2. The first kappa shape index (κ1) is 21.4. The number of anilines is 1. The highest BCUT2D eigenvalue weighted by Crippen LogP contribution is 2.26. The maximum absolute atomic E-state index is 12.4. The van der Waals surface area contributed by atoms with Gasteiger partial charge < -0.3 is 9.73 Å². The largest absolute Gasteiger partial charge is 0.457 e. The van der Waals surface area contributed by atoms with Crippen molar-refractivity contribution in [3.8, 4) is 17.4 Å². The number of nitrogens with one attached hydrogen (secondary N) is 1. The van der Waals surface area contributed by atoms with Gasteiger partial charge in [0.15, 0.2) is 0 Å². The second-order valence-electron chi connectivity index (χ2n) is 6.17. The summed E-state index contributed by atoms with van der Waals surface area (Å²) in [4.78, 5) is 22.8. The zero-order valence-corrected chi connectivity index (χ0v) is 16.5. The SMILES string of the molecule is N#CC(=Cc1ccc(-c2ccc(S(N)(=O)=O)cc2)o1)C(=O)Nc1ccccc1[N+](=O)[O-]. The maximum atomic E-state index is 12.4. The van der Waals surface area contributed by atoms with Gasteiger partial charge in [-0.05, 0) is 42.5 Å². The zero-order valence-electron chi connectivity index (χ0n) is 15.7. The van der Waals surface area contributed by atoms with Gasteiger partial charge in [-0.1, -0.05) is 12.1 Å². The number of nitrogens with two attached hydrogens (primary N) is 1. The Hall–Kier alpha value is -4.27. The maximum Gasteiger partial charge on any atom is 0.292 e. The highest BCUT2D eigenvalue weighted by molar-refractivity contribution is 7.89. The number of amides is 1. The lowest BCUT2D eigenvalue weighted by atomic mass is 10.2. The molecule has 0 radical (unpaired) electrons. The van der Waals surface area contributed by atoms with Crippen LogP contribution in [0.1, 0.15) is 5.76 Å². The molecule has 1 amide bonds. The minimum Gasteiger partial charge on any atom is -0.457 e. The van der Waals surface area contributed by atoms with Gasteiger partial charge in [0.2, 0.25) is 10.0 Å². The molecule has 11 heteroatoms. The molecule has 0 fully saturated rings. The lowest BCUT2D eigenvalue weighted by Gasteiger charge is -2.04. The van der Waals surface area contributed by atoms with Gasteiger partial charge in [-0.2, -0.15) is 5.26 Å². The minimum absolute atomic E-state index is 0.0475. The van der Waals surface area contributed by atoms with Crippen LogP contribution in [0.4, 0.5) is 11.4 Å². The standard InChI is InChI=1S/C20H14N4O6S/c21-12-14(20(25)23-17-3-1-2-4-18(17)24(26)27)11-15-7-10-19(30-15)13-5-8-16(9-6-13)31(22,28)29/h1-11H,(H,23,25)(H2,22,28,29). The van der Waals surface area contributed by atoms with E-state index in [1.54, 1.807) is 12.1 Å². The molecule has 3 rings (SSSR count). The Morgan fingerprint density at radius 2 is 1.81 bits per heavy atom. The molecule has 0 atom stereocenters. The predicted octanol–water partition coefficient (Wildman–Crippen LogP) is 3.05. The van der Waals surface area contributed by atoms with Gasteiger partial charge >= 0.3 is 0 Å². The number of hydrogen-bond acceptors (Lipinski definition) is 7. The molecule has 3 N–H and O–H groups in total. The average Bonchev–Trinajstić information content (AvgIpc) is 3.20. The highest BCUT2D eigenvalue weighted by Gasteiger charge is 2.18. The van der Waals surface area contributed by atoms with Crippen molar-refractivity contribution in [3.63, 3.8) is 0 Å². The number of carbonyl (C=O) groups is 1. The van der Waals surface area contributed by atoms with E-state index < -0.39 is 20.9 Å². The summed E-state index contributed by atoms with van der Waals surface area (Å²) in [5.41, 5.74) is -0.136. The van der Waals surface area contributed by atoms with Crippen molar-refractivity contribution < 1.29 is 22.6 Å². The van der Waals surface area contributed by atoms with Crippen LogP contribution in [0.3, 0.4) is 0 Å². The number of benzene rings is 2. The number of hydrogen-bond donors (Lipinski definition) is 2. The van der Waals surface area contributed by atoms with Crippen LogP contribution in [0.15, 0.2) is 75.5 Å². The van der Waals surface area contributed by atoms with Gasteiger partial charge in [-0.3, -0.25) is 14.9 Å². The predicted molar refractivity (Wildman–Crippen MR) is 111 cm³/mol. The first-order valence-electron chi connectivity index (χ1n) is 8.58. The molecular formula is C20H14N4O6S. The molecule has 1 aromatic heterocycles. The van der Waals surface area contributed by atoms with E-state index in [1.807, 2.05) is 0 Å². The van der Waals surface area contributed by atoms with Gasteiger partial charge in [-0.15, -0.1) is 0 Å². The molecule has 3 aromatic rings. The third kappa shape index (κ3) is 5.02. The normalized spacial score (nSPS) is 11.5. The van der Waals surface area contributed by atoms with Crippen molar-refractivity contribution in [1.29, 1.82) is 5.26 Å². The molecule has 31 heavy (non-hydrogen) atoms. The van der Waals surface area contributed by atoms with E-state index in [9.17, 15) is 28.6 Å². The van der Waals surface area contributed by atoms with Crippen LogP contribution in [-0.2, 0) is 14.8 Å². The summed E-state index contributed by atoms with van der Waals surface area (Å²) in [6, 6.07) is 16.0. The first-order chi connectivity index (χ1) is 14.7. The van der Waals surface area contributed by atoms with Gasteiger partial charge in [0.25, 0.3) is 11.6 Å². The fourth-order valence-electron chi connectivity index (χ4n) is 2.61. The summed E-state index contributed by atoms with van der Waals surface area (Å²) in [7, 11) is -3.82. The molecule has 1 heterocycles. The summed E-state index contributed by atoms with van der Waals surface area (Å²) in [6.07, 6.45) is 1.19. The third-order valence-electron chi connectivity index (χ3n) is 4.09. The molecule has 0 saturated carbocycles. The molecule has 2 aromatic carbocycles. The summed E-state index contributed by atoms with van der Waals surface area (Å²) in [5.74, 6) is -0.296. The molecule has 0 unspecified atom stereocenters. The number of furan rings is 1. The molecular weight excluding hydrogens is 424 g/mol. The summed E-state index contributed by atoms with van der Waals surface area (Å²) in [5, 5.41) is 27.8. The van der Waals surface area contributed by atoms with E-state index in [2.05, 4.69) is 5.32 Å². The van der Waals surface area contributed by atoms with Crippen molar-refractivity contribution >= 4 is 33.4 Å². The third-order valence-corrected chi connectivity index (χ3v) is 5.02. The van der Waals surface area contributed by atoms with E-state index in [0.717, 1.165) is 0 Å². The summed E-state index contributed by atoms with van der Waals surface area (Å²) < 4.78 is 28.3. The van der Waals surface area contributed by atoms with Crippen LogP contribution in [0, 0.1) is 21.4 Å². The minimum atomic E-state index is -3.82. The van der Waals surface area contributed by atoms with Gasteiger partial charge in [0, 0.05) is 17.7 Å². The zero-order chi connectivity index (χ0) is 22.6. The van der Waals surface area contributed by atoms with E-state index in [-0.39, 0.29) is 27.6 Å². The van der Waals surface area contributed by atoms with Gasteiger partial charge in [0.05, 0.1) is 9.82 Å².